The van der Waals surface area contributed by atoms with E-state index in [0.717, 1.165) is 6.42 Å². The SMILES string of the molecule is CC(C)C(C)OCCC(C)(C)C(N)=NO. The van der Waals surface area contributed by atoms with Crippen LogP contribution in [0.25, 0.3) is 0 Å². The lowest BCUT2D eigenvalue weighted by atomic mass is 9.88. The van der Waals surface area contributed by atoms with Crippen LogP contribution in [0.15, 0.2) is 5.16 Å². The Kier molecular flexibility index (Phi) is 5.65. The molecule has 0 heterocycles. The van der Waals surface area contributed by atoms with Gasteiger partial charge >= 0.3 is 0 Å². The van der Waals surface area contributed by atoms with Crippen molar-refractivity contribution in [3.63, 3.8) is 0 Å². The first-order valence-electron chi connectivity index (χ1n) is 5.41. The molecular formula is C11H24N2O2. The number of hydrogen-bond acceptors (Lipinski definition) is 3. The van der Waals surface area contributed by atoms with E-state index in [1.54, 1.807) is 0 Å². The standard InChI is InChI=1S/C11H24N2O2/c1-8(2)9(3)15-7-6-11(4,5)10(12)13-14/h8-9,14H,6-7H2,1-5H3,(H2,12,13). The zero-order chi connectivity index (χ0) is 12.1. The minimum Gasteiger partial charge on any atom is -0.409 e. The predicted octanol–water partition coefficient (Wildman–Crippen LogP) is 2.21. The highest BCUT2D eigenvalue weighted by Crippen LogP contribution is 2.21. The summed E-state index contributed by atoms with van der Waals surface area (Å²) in [6.45, 7) is 10.8. The van der Waals surface area contributed by atoms with Gasteiger partial charge in [0.2, 0.25) is 0 Å². The molecule has 1 atom stereocenters. The third-order valence-corrected chi connectivity index (χ3v) is 2.85. The average molecular weight is 216 g/mol. The summed E-state index contributed by atoms with van der Waals surface area (Å²) < 4.78 is 5.64. The molecule has 0 saturated heterocycles. The molecule has 0 radical (unpaired) electrons. The highest BCUT2D eigenvalue weighted by molar-refractivity contribution is 5.85. The first kappa shape index (κ1) is 14.2. The van der Waals surface area contributed by atoms with Crippen molar-refractivity contribution >= 4 is 5.84 Å². The molecule has 0 fully saturated rings. The van der Waals surface area contributed by atoms with Crippen molar-refractivity contribution in [1.29, 1.82) is 0 Å². The van der Waals surface area contributed by atoms with E-state index in [2.05, 4.69) is 25.9 Å². The molecule has 0 aromatic carbocycles. The first-order chi connectivity index (χ1) is 6.81. The van der Waals surface area contributed by atoms with E-state index in [9.17, 15) is 0 Å². The predicted molar refractivity (Wildman–Crippen MR) is 62.1 cm³/mol. The topological polar surface area (TPSA) is 67.8 Å². The minimum absolute atomic E-state index is 0.244. The zero-order valence-corrected chi connectivity index (χ0v) is 10.4. The Morgan fingerprint density at radius 3 is 2.33 bits per heavy atom. The molecule has 1 unspecified atom stereocenters. The van der Waals surface area contributed by atoms with Crippen LogP contribution in [0.3, 0.4) is 0 Å². The fourth-order valence-electron chi connectivity index (χ4n) is 0.956. The van der Waals surface area contributed by atoms with Gasteiger partial charge < -0.3 is 15.7 Å². The van der Waals surface area contributed by atoms with E-state index in [0.29, 0.717) is 12.5 Å². The van der Waals surface area contributed by atoms with Crippen LogP contribution in [0.2, 0.25) is 0 Å². The van der Waals surface area contributed by atoms with Crippen LogP contribution in [0, 0.1) is 11.3 Å². The maximum absolute atomic E-state index is 8.59. The summed E-state index contributed by atoms with van der Waals surface area (Å²) in [4.78, 5) is 0. The molecule has 0 aromatic rings. The van der Waals surface area contributed by atoms with E-state index < -0.39 is 0 Å². The summed E-state index contributed by atoms with van der Waals surface area (Å²) in [5.74, 6) is 0.764. The van der Waals surface area contributed by atoms with Crippen LogP contribution in [0.1, 0.15) is 41.0 Å². The number of hydrogen-bond donors (Lipinski definition) is 2. The molecule has 0 amide bonds. The smallest absolute Gasteiger partial charge is 0.144 e. The third kappa shape index (κ3) is 5.02. The Balaban J connectivity index is 3.96. The number of nitrogens with zero attached hydrogens (tertiary/aromatic N) is 1. The van der Waals surface area contributed by atoms with E-state index in [1.807, 2.05) is 13.8 Å². The molecule has 3 N–H and O–H groups in total. The minimum atomic E-state index is -0.314. The van der Waals surface area contributed by atoms with Gasteiger partial charge in [0, 0.05) is 12.0 Å². The molecule has 90 valence electrons. The van der Waals surface area contributed by atoms with Crippen molar-refractivity contribution in [3.8, 4) is 0 Å². The monoisotopic (exact) mass is 216 g/mol. The molecule has 4 nitrogen and oxygen atoms in total. The lowest BCUT2D eigenvalue weighted by Crippen LogP contribution is -2.33. The molecule has 0 saturated carbocycles. The molecule has 0 bridgehead atoms. The number of ether oxygens (including phenoxy) is 1. The van der Waals surface area contributed by atoms with Crippen molar-refractivity contribution in [2.75, 3.05) is 6.61 Å². The summed E-state index contributed by atoms with van der Waals surface area (Å²) >= 11 is 0. The Labute approximate surface area is 92.5 Å². The summed E-state index contributed by atoms with van der Waals surface area (Å²) in [5.41, 5.74) is 5.26. The van der Waals surface area contributed by atoms with Crippen molar-refractivity contribution < 1.29 is 9.94 Å². The van der Waals surface area contributed by atoms with Crippen LogP contribution in [0.5, 0.6) is 0 Å². The van der Waals surface area contributed by atoms with Gasteiger partial charge in [-0.1, -0.05) is 32.9 Å². The highest BCUT2D eigenvalue weighted by atomic mass is 16.5. The summed E-state index contributed by atoms with van der Waals surface area (Å²) in [7, 11) is 0. The van der Waals surface area contributed by atoms with Gasteiger partial charge in [0.1, 0.15) is 5.84 Å². The number of oxime groups is 1. The van der Waals surface area contributed by atoms with E-state index in [1.165, 1.54) is 0 Å². The number of amidine groups is 1. The maximum Gasteiger partial charge on any atom is 0.144 e. The van der Waals surface area contributed by atoms with Crippen molar-refractivity contribution in [2.24, 2.45) is 22.2 Å². The maximum atomic E-state index is 8.59. The normalized spacial score (nSPS) is 15.7. The molecule has 4 heteroatoms. The summed E-state index contributed by atoms with van der Waals surface area (Å²) in [5, 5.41) is 11.6. The van der Waals surface area contributed by atoms with Gasteiger partial charge in [0.05, 0.1) is 6.10 Å². The van der Waals surface area contributed by atoms with Gasteiger partial charge in [0.25, 0.3) is 0 Å². The highest BCUT2D eigenvalue weighted by Gasteiger charge is 2.23. The van der Waals surface area contributed by atoms with Crippen LogP contribution in [0.4, 0.5) is 0 Å². The number of rotatable bonds is 6. The molecule has 0 aliphatic rings. The second kappa shape index (κ2) is 5.95. The Bertz CT molecular complexity index is 213. The summed E-state index contributed by atoms with van der Waals surface area (Å²) in [6, 6.07) is 0. The first-order valence-corrected chi connectivity index (χ1v) is 5.41. The summed E-state index contributed by atoms with van der Waals surface area (Å²) in [6.07, 6.45) is 0.994. The van der Waals surface area contributed by atoms with E-state index in [4.69, 9.17) is 15.7 Å². The molecule has 0 spiro atoms. The molecule has 0 aliphatic heterocycles. The van der Waals surface area contributed by atoms with Crippen LogP contribution < -0.4 is 5.73 Å². The van der Waals surface area contributed by atoms with Gasteiger partial charge in [-0.15, -0.1) is 0 Å². The molecule has 0 rings (SSSR count). The lowest BCUT2D eigenvalue weighted by Gasteiger charge is -2.24. The second-order valence-corrected chi connectivity index (χ2v) is 4.94. The van der Waals surface area contributed by atoms with Gasteiger partial charge in [-0.05, 0) is 19.3 Å². The zero-order valence-electron chi connectivity index (χ0n) is 10.4. The fraction of sp³-hybridized carbons (Fsp3) is 0.909. The van der Waals surface area contributed by atoms with Gasteiger partial charge in [-0.3, -0.25) is 0 Å². The van der Waals surface area contributed by atoms with Crippen molar-refractivity contribution in [1.82, 2.24) is 0 Å². The van der Waals surface area contributed by atoms with Crippen LogP contribution in [-0.4, -0.2) is 23.8 Å². The Morgan fingerprint density at radius 2 is 1.93 bits per heavy atom. The molecule has 0 aromatic heterocycles. The molecule has 0 aliphatic carbocycles. The lowest BCUT2D eigenvalue weighted by molar-refractivity contribution is 0.0258. The Hall–Kier alpha value is -0.770. The Morgan fingerprint density at radius 1 is 1.40 bits per heavy atom. The van der Waals surface area contributed by atoms with Crippen LogP contribution in [-0.2, 0) is 4.74 Å². The van der Waals surface area contributed by atoms with Gasteiger partial charge in [-0.25, -0.2) is 0 Å². The van der Waals surface area contributed by atoms with Crippen molar-refractivity contribution in [3.05, 3.63) is 0 Å². The van der Waals surface area contributed by atoms with E-state index >= 15 is 0 Å². The van der Waals surface area contributed by atoms with Gasteiger partial charge in [-0.2, -0.15) is 0 Å². The average Bonchev–Trinajstić information content (AvgIpc) is 2.15. The van der Waals surface area contributed by atoms with E-state index in [-0.39, 0.29) is 17.4 Å². The quantitative estimate of drug-likeness (QED) is 0.309. The van der Waals surface area contributed by atoms with Gasteiger partial charge in [0.15, 0.2) is 0 Å². The van der Waals surface area contributed by atoms with Crippen LogP contribution >= 0.6 is 0 Å². The third-order valence-electron chi connectivity index (χ3n) is 2.85. The number of nitrogens with two attached hydrogens (primary N) is 1. The second-order valence-electron chi connectivity index (χ2n) is 4.94. The molecular weight excluding hydrogens is 192 g/mol. The largest absolute Gasteiger partial charge is 0.409 e. The molecule has 15 heavy (non-hydrogen) atoms. The fourth-order valence-corrected chi connectivity index (χ4v) is 0.956. The van der Waals surface area contributed by atoms with Crippen molar-refractivity contribution in [2.45, 2.75) is 47.1 Å².